The summed E-state index contributed by atoms with van der Waals surface area (Å²) in [5.74, 6) is -1.55. The summed E-state index contributed by atoms with van der Waals surface area (Å²) in [6.07, 6.45) is 6.21. The molecule has 1 amide bonds. The largest absolute Gasteiger partial charge is 0.348 e. The number of fused-ring (bicyclic) bond motifs is 2. The molecule has 46 heavy (non-hydrogen) atoms. The smallest absolute Gasteiger partial charge is 0.337 e. The third-order valence-electron chi connectivity index (χ3n) is 8.42. The van der Waals surface area contributed by atoms with Crippen molar-refractivity contribution in [2.24, 2.45) is 0 Å². The molecule has 1 fully saturated rings. The first-order chi connectivity index (χ1) is 22.3. The van der Waals surface area contributed by atoms with E-state index in [-0.39, 0.29) is 22.8 Å². The monoisotopic (exact) mass is 620 g/mol. The van der Waals surface area contributed by atoms with Crippen LogP contribution in [0.25, 0.3) is 33.5 Å². The lowest BCUT2D eigenvalue weighted by molar-refractivity contribution is 0.0917. The zero-order valence-electron chi connectivity index (χ0n) is 24.3. The van der Waals surface area contributed by atoms with Gasteiger partial charge in [0.15, 0.2) is 5.65 Å². The number of carbonyl (C=O) groups is 2. The van der Waals surface area contributed by atoms with E-state index in [1.807, 2.05) is 6.07 Å². The van der Waals surface area contributed by atoms with E-state index in [1.165, 1.54) is 38.1 Å². The number of benzene rings is 2. The van der Waals surface area contributed by atoms with Crippen LogP contribution in [0.4, 0.5) is 8.78 Å². The van der Waals surface area contributed by atoms with Gasteiger partial charge in [-0.3, -0.25) is 19.0 Å². The number of amides is 1. The SMILES string of the molecule is O=Cc1ccc(-c2cccc(-n3c(=O)n([C@H]4CC[C@@H](NC(=O)c5cn6cc(F)ccc6n5)CC4)c(=O)c4cc(F)cnc43)c2)cc1. The average Bonchev–Trinajstić information content (AvgIpc) is 3.50. The molecule has 0 saturated heterocycles. The molecular formula is C34H26F2N6O4. The molecule has 230 valence electrons. The molecule has 10 nitrogen and oxygen atoms in total. The van der Waals surface area contributed by atoms with Crippen LogP contribution >= 0.6 is 0 Å². The molecule has 2 aromatic carbocycles. The van der Waals surface area contributed by atoms with Crippen LogP contribution in [0.2, 0.25) is 0 Å². The molecule has 4 aromatic heterocycles. The highest BCUT2D eigenvalue weighted by molar-refractivity contribution is 5.93. The molecule has 1 aliphatic rings. The predicted molar refractivity (Wildman–Crippen MR) is 166 cm³/mol. The van der Waals surface area contributed by atoms with Gasteiger partial charge in [0.2, 0.25) is 0 Å². The van der Waals surface area contributed by atoms with Crippen LogP contribution in [-0.4, -0.2) is 41.7 Å². The minimum absolute atomic E-state index is 0.0287. The molecule has 6 aromatic rings. The molecule has 12 heteroatoms. The van der Waals surface area contributed by atoms with Crippen LogP contribution in [0.15, 0.2) is 94.9 Å². The molecule has 0 spiro atoms. The van der Waals surface area contributed by atoms with Gasteiger partial charge >= 0.3 is 5.69 Å². The van der Waals surface area contributed by atoms with Crippen molar-refractivity contribution in [3.05, 3.63) is 129 Å². The Bertz CT molecular complexity index is 2270. The highest BCUT2D eigenvalue weighted by atomic mass is 19.1. The summed E-state index contributed by atoms with van der Waals surface area (Å²) in [4.78, 5) is 60.2. The Morgan fingerprint density at radius 2 is 1.67 bits per heavy atom. The van der Waals surface area contributed by atoms with E-state index in [0.29, 0.717) is 42.6 Å². The van der Waals surface area contributed by atoms with E-state index in [0.717, 1.165) is 29.7 Å². The predicted octanol–water partition coefficient (Wildman–Crippen LogP) is 4.87. The number of pyridine rings is 2. The quantitative estimate of drug-likeness (QED) is 0.266. The lowest BCUT2D eigenvalue weighted by atomic mass is 9.90. The van der Waals surface area contributed by atoms with Crippen LogP contribution in [0.5, 0.6) is 0 Å². The normalized spacial score (nSPS) is 16.5. The van der Waals surface area contributed by atoms with Crippen molar-refractivity contribution in [2.75, 3.05) is 0 Å². The standard InChI is InChI=1S/C34H26F2N6O4/c35-23-8-13-30-39-29(18-40(30)17-23)32(44)38-25-9-11-26(12-10-25)42-33(45)28-15-24(36)16-37-31(28)41(34(42)46)27-3-1-2-22(14-27)21-6-4-20(19-43)5-7-21/h1-8,13-19,25-26H,9-12H2,(H,38,44)/t25-,26+. The summed E-state index contributed by atoms with van der Waals surface area (Å²) < 4.78 is 31.9. The van der Waals surface area contributed by atoms with Crippen molar-refractivity contribution in [1.29, 1.82) is 0 Å². The van der Waals surface area contributed by atoms with Gasteiger partial charge in [0.05, 0.1) is 17.3 Å². The Hall–Kier alpha value is -5.78. The number of hydrogen-bond donors (Lipinski definition) is 1. The van der Waals surface area contributed by atoms with E-state index in [1.54, 1.807) is 42.5 Å². The number of nitrogens with zero attached hydrogens (tertiary/aromatic N) is 5. The Morgan fingerprint density at radius 1 is 0.891 bits per heavy atom. The van der Waals surface area contributed by atoms with Gasteiger partial charge in [-0.2, -0.15) is 0 Å². The molecule has 1 saturated carbocycles. The maximum absolute atomic E-state index is 14.4. The van der Waals surface area contributed by atoms with E-state index in [2.05, 4.69) is 15.3 Å². The molecule has 7 rings (SSSR count). The van der Waals surface area contributed by atoms with Crippen molar-refractivity contribution in [3.63, 3.8) is 0 Å². The number of carbonyl (C=O) groups excluding carboxylic acids is 2. The van der Waals surface area contributed by atoms with Crippen molar-refractivity contribution >= 4 is 28.9 Å². The fourth-order valence-electron chi connectivity index (χ4n) is 6.13. The number of aromatic nitrogens is 5. The minimum Gasteiger partial charge on any atom is -0.348 e. The summed E-state index contributed by atoms with van der Waals surface area (Å²) in [5, 5.41) is 2.93. The van der Waals surface area contributed by atoms with Crippen molar-refractivity contribution in [3.8, 4) is 16.8 Å². The first-order valence-corrected chi connectivity index (χ1v) is 14.7. The Balaban J connectivity index is 1.19. The van der Waals surface area contributed by atoms with E-state index in [9.17, 15) is 28.0 Å². The van der Waals surface area contributed by atoms with Gasteiger partial charge < -0.3 is 9.72 Å². The zero-order valence-corrected chi connectivity index (χ0v) is 24.3. The second-order valence-electron chi connectivity index (χ2n) is 11.3. The van der Waals surface area contributed by atoms with Gasteiger partial charge in [-0.25, -0.2) is 28.1 Å². The van der Waals surface area contributed by atoms with Crippen LogP contribution in [0, 0.1) is 11.6 Å². The zero-order chi connectivity index (χ0) is 31.9. The third kappa shape index (κ3) is 5.27. The summed E-state index contributed by atoms with van der Waals surface area (Å²) in [6.45, 7) is 0. The number of aldehydes is 1. The van der Waals surface area contributed by atoms with Gasteiger partial charge in [0.1, 0.15) is 29.3 Å². The highest BCUT2D eigenvalue weighted by Crippen LogP contribution is 2.28. The molecule has 4 heterocycles. The molecule has 1 aliphatic carbocycles. The molecule has 0 aliphatic heterocycles. The van der Waals surface area contributed by atoms with E-state index in [4.69, 9.17) is 0 Å². The Labute approximate surface area is 259 Å². The van der Waals surface area contributed by atoms with Crippen LogP contribution in [0.1, 0.15) is 52.6 Å². The molecule has 1 N–H and O–H groups in total. The summed E-state index contributed by atoms with van der Waals surface area (Å²) in [6, 6.07) is 17.2. The van der Waals surface area contributed by atoms with Gasteiger partial charge in [0.25, 0.3) is 11.5 Å². The fraction of sp³-hybridized carbons (Fsp3) is 0.176. The second-order valence-corrected chi connectivity index (χ2v) is 11.3. The molecular weight excluding hydrogens is 594 g/mol. The van der Waals surface area contributed by atoms with Crippen molar-refractivity contribution in [1.82, 2.24) is 28.8 Å². The first-order valence-electron chi connectivity index (χ1n) is 14.7. The first kappa shape index (κ1) is 29.0. The van der Waals surface area contributed by atoms with Gasteiger partial charge in [-0.05, 0) is 67.1 Å². The highest BCUT2D eigenvalue weighted by Gasteiger charge is 2.28. The van der Waals surface area contributed by atoms with E-state index >= 15 is 0 Å². The average molecular weight is 621 g/mol. The Morgan fingerprint density at radius 3 is 2.43 bits per heavy atom. The second kappa shape index (κ2) is 11.6. The fourth-order valence-corrected chi connectivity index (χ4v) is 6.13. The van der Waals surface area contributed by atoms with Crippen molar-refractivity contribution < 1.29 is 18.4 Å². The van der Waals surface area contributed by atoms with Crippen LogP contribution in [0.3, 0.4) is 0 Å². The number of hydrogen-bond acceptors (Lipinski definition) is 6. The molecule has 0 bridgehead atoms. The number of nitrogens with one attached hydrogen (secondary N) is 1. The van der Waals surface area contributed by atoms with Crippen LogP contribution < -0.4 is 16.6 Å². The third-order valence-corrected chi connectivity index (χ3v) is 8.42. The molecule has 0 radical (unpaired) electrons. The topological polar surface area (TPSA) is 120 Å². The van der Waals surface area contributed by atoms with Gasteiger partial charge in [-0.1, -0.05) is 36.4 Å². The number of rotatable bonds is 6. The Kier molecular flexibility index (Phi) is 7.31. The van der Waals surface area contributed by atoms with Gasteiger partial charge in [-0.15, -0.1) is 0 Å². The maximum Gasteiger partial charge on any atom is 0.337 e. The molecule has 0 unspecified atom stereocenters. The molecule has 0 atom stereocenters. The van der Waals surface area contributed by atoms with E-state index < -0.39 is 34.8 Å². The van der Waals surface area contributed by atoms with Crippen LogP contribution in [-0.2, 0) is 0 Å². The number of halogens is 2. The minimum atomic E-state index is -0.702. The summed E-state index contributed by atoms with van der Waals surface area (Å²) in [7, 11) is 0. The van der Waals surface area contributed by atoms with Crippen molar-refractivity contribution in [2.45, 2.75) is 37.8 Å². The lowest BCUT2D eigenvalue weighted by Crippen LogP contribution is -2.45. The summed E-state index contributed by atoms with van der Waals surface area (Å²) >= 11 is 0. The number of imidazole rings is 1. The summed E-state index contributed by atoms with van der Waals surface area (Å²) in [5.41, 5.74) is 1.94. The maximum atomic E-state index is 14.4. The van der Waals surface area contributed by atoms with Gasteiger partial charge in [0, 0.05) is 30.0 Å². The lowest BCUT2D eigenvalue weighted by Gasteiger charge is -2.30.